The van der Waals surface area contributed by atoms with Gasteiger partial charge in [-0.05, 0) is 31.5 Å². The van der Waals surface area contributed by atoms with Crippen LogP contribution in [-0.2, 0) is 17.9 Å². The normalized spacial score (nSPS) is 15.1. The highest BCUT2D eigenvalue weighted by atomic mass is 32.2. The molecule has 2 N–H and O–H groups in total. The molecule has 7 heteroatoms. The van der Waals surface area contributed by atoms with Gasteiger partial charge in [-0.2, -0.15) is 0 Å². The van der Waals surface area contributed by atoms with E-state index in [1.807, 2.05) is 18.2 Å². The average Bonchev–Trinajstić information content (AvgIpc) is 3.18. The Labute approximate surface area is 140 Å². The van der Waals surface area contributed by atoms with Gasteiger partial charge in [-0.25, -0.2) is 0 Å². The van der Waals surface area contributed by atoms with Crippen molar-refractivity contribution in [3.63, 3.8) is 0 Å². The third kappa shape index (κ3) is 4.33. The lowest BCUT2D eigenvalue weighted by molar-refractivity contribution is -0.115. The number of aromatic nitrogens is 3. The first-order valence-electron chi connectivity index (χ1n) is 7.82. The van der Waals surface area contributed by atoms with Gasteiger partial charge in [0, 0.05) is 0 Å². The summed E-state index contributed by atoms with van der Waals surface area (Å²) >= 11 is 1.35. The molecule has 1 aromatic heterocycles. The van der Waals surface area contributed by atoms with Crippen LogP contribution in [0.2, 0.25) is 0 Å². The van der Waals surface area contributed by atoms with Gasteiger partial charge in [0.25, 0.3) is 0 Å². The summed E-state index contributed by atoms with van der Waals surface area (Å²) in [5, 5.41) is 9.37. The number of thioether (sulfide) groups is 1. The molecule has 0 radical (unpaired) electrons. The minimum Gasteiger partial charge on any atom is -0.369 e. The van der Waals surface area contributed by atoms with Crippen molar-refractivity contribution in [1.82, 2.24) is 19.7 Å². The smallest absolute Gasteiger partial charge is 0.227 e. The Balaban J connectivity index is 1.81. The van der Waals surface area contributed by atoms with E-state index in [0.717, 1.165) is 30.6 Å². The summed E-state index contributed by atoms with van der Waals surface area (Å²) in [6, 6.07) is 10.2. The van der Waals surface area contributed by atoms with Gasteiger partial charge < -0.3 is 10.3 Å². The zero-order valence-corrected chi connectivity index (χ0v) is 13.8. The summed E-state index contributed by atoms with van der Waals surface area (Å²) in [5.74, 6) is 0.824. The minimum absolute atomic E-state index is 0.219. The summed E-state index contributed by atoms with van der Waals surface area (Å²) in [4.78, 5) is 13.5. The maximum Gasteiger partial charge on any atom is 0.227 e. The average molecular weight is 331 g/mol. The molecule has 23 heavy (non-hydrogen) atoms. The van der Waals surface area contributed by atoms with Gasteiger partial charge in [0.2, 0.25) is 5.91 Å². The molecule has 0 atom stereocenters. The molecule has 1 fully saturated rings. The Kier molecular flexibility index (Phi) is 5.30. The molecule has 2 heterocycles. The van der Waals surface area contributed by atoms with E-state index in [1.165, 1.54) is 30.2 Å². The lowest BCUT2D eigenvalue weighted by Crippen LogP contribution is -2.22. The number of nitrogens with zero attached hydrogens (tertiary/aromatic N) is 4. The van der Waals surface area contributed by atoms with Crippen molar-refractivity contribution in [3.05, 3.63) is 41.7 Å². The number of benzene rings is 1. The number of likely N-dealkylation sites (tertiary alicyclic amines) is 1. The number of carbonyl (C=O) groups is 1. The Morgan fingerprint density at radius 1 is 1.13 bits per heavy atom. The lowest BCUT2D eigenvalue weighted by Gasteiger charge is -2.16. The molecule has 3 rings (SSSR count). The fourth-order valence-electron chi connectivity index (χ4n) is 2.74. The van der Waals surface area contributed by atoms with Crippen LogP contribution >= 0.6 is 11.8 Å². The lowest BCUT2D eigenvalue weighted by atomic mass is 10.2. The number of rotatable bonds is 7. The molecule has 0 aliphatic carbocycles. The van der Waals surface area contributed by atoms with Crippen LogP contribution in [0.3, 0.4) is 0 Å². The third-order valence-electron chi connectivity index (χ3n) is 3.88. The summed E-state index contributed by atoms with van der Waals surface area (Å²) in [6.07, 6.45) is 2.49. The van der Waals surface area contributed by atoms with Crippen LogP contribution in [0, 0.1) is 0 Å². The Bertz CT molecular complexity index is 652. The van der Waals surface area contributed by atoms with Crippen LogP contribution < -0.4 is 5.73 Å². The molecule has 1 aliphatic heterocycles. The zero-order chi connectivity index (χ0) is 16.1. The van der Waals surface area contributed by atoms with Gasteiger partial charge in [0.1, 0.15) is 5.82 Å². The summed E-state index contributed by atoms with van der Waals surface area (Å²) < 4.78 is 2.10. The predicted molar refractivity (Wildman–Crippen MR) is 90.0 cm³/mol. The Morgan fingerprint density at radius 2 is 1.87 bits per heavy atom. The number of primary amides is 1. The number of hydrogen-bond donors (Lipinski definition) is 1. The van der Waals surface area contributed by atoms with Crippen LogP contribution in [0.5, 0.6) is 0 Å². The van der Waals surface area contributed by atoms with E-state index >= 15 is 0 Å². The second-order valence-electron chi connectivity index (χ2n) is 5.71. The van der Waals surface area contributed by atoms with E-state index in [1.54, 1.807) is 0 Å². The number of amides is 1. The van der Waals surface area contributed by atoms with E-state index in [4.69, 9.17) is 5.73 Å². The predicted octanol–water partition coefficient (Wildman–Crippen LogP) is 1.50. The Hall–Kier alpha value is -1.86. The van der Waals surface area contributed by atoms with Crippen LogP contribution in [0.15, 0.2) is 35.5 Å². The first-order chi connectivity index (χ1) is 11.2. The van der Waals surface area contributed by atoms with Crippen molar-refractivity contribution in [2.24, 2.45) is 5.73 Å². The molecule has 0 spiro atoms. The van der Waals surface area contributed by atoms with Crippen molar-refractivity contribution >= 4 is 17.7 Å². The SMILES string of the molecule is NC(=O)CSc1nnc(CN2CCCC2)n1Cc1ccccc1. The zero-order valence-electron chi connectivity index (χ0n) is 13.0. The highest BCUT2D eigenvalue weighted by Crippen LogP contribution is 2.20. The first kappa shape index (κ1) is 16.0. The van der Waals surface area contributed by atoms with Gasteiger partial charge in [-0.3, -0.25) is 9.69 Å². The monoisotopic (exact) mass is 331 g/mol. The molecule has 2 aromatic rings. The second-order valence-corrected chi connectivity index (χ2v) is 6.65. The van der Waals surface area contributed by atoms with Crippen molar-refractivity contribution in [2.75, 3.05) is 18.8 Å². The summed E-state index contributed by atoms with van der Waals surface area (Å²) in [5.41, 5.74) is 6.45. The molecule has 1 aromatic carbocycles. The molecule has 0 saturated carbocycles. The van der Waals surface area contributed by atoms with E-state index < -0.39 is 0 Å². The molecule has 0 bridgehead atoms. The van der Waals surface area contributed by atoms with Crippen molar-refractivity contribution in [2.45, 2.75) is 31.1 Å². The molecule has 122 valence electrons. The third-order valence-corrected chi connectivity index (χ3v) is 4.87. The Morgan fingerprint density at radius 3 is 2.57 bits per heavy atom. The highest BCUT2D eigenvalue weighted by molar-refractivity contribution is 7.99. The topological polar surface area (TPSA) is 77.0 Å². The van der Waals surface area contributed by atoms with Gasteiger partial charge >= 0.3 is 0 Å². The van der Waals surface area contributed by atoms with Crippen molar-refractivity contribution in [3.8, 4) is 0 Å². The van der Waals surface area contributed by atoms with Gasteiger partial charge in [0.15, 0.2) is 5.16 Å². The van der Waals surface area contributed by atoms with Crippen molar-refractivity contribution in [1.29, 1.82) is 0 Å². The summed E-state index contributed by atoms with van der Waals surface area (Å²) in [7, 11) is 0. The number of hydrogen-bond acceptors (Lipinski definition) is 5. The highest BCUT2D eigenvalue weighted by Gasteiger charge is 2.18. The molecule has 1 saturated heterocycles. The van der Waals surface area contributed by atoms with Gasteiger partial charge in [0.05, 0.1) is 18.8 Å². The fraction of sp³-hybridized carbons (Fsp3) is 0.438. The van der Waals surface area contributed by atoms with Gasteiger partial charge in [-0.1, -0.05) is 42.1 Å². The van der Waals surface area contributed by atoms with E-state index in [2.05, 4.69) is 31.8 Å². The largest absolute Gasteiger partial charge is 0.369 e. The van der Waals surface area contributed by atoms with Crippen molar-refractivity contribution < 1.29 is 4.79 Å². The molecular formula is C16H21N5OS. The van der Waals surface area contributed by atoms with E-state index in [9.17, 15) is 4.79 Å². The van der Waals surface area contributed by atoms with Crippen LogP contribution in [0.1, 0.15) is 24.2 Å². The van der Waals surface area contributed by atoms with Crippen LogP contribution in [0.25, 0.3) is 0 Å². The maximum absolute atomic E-state index is 11.1. The van der Waals surface area contributed by atoms with E-state index in [0.29, 0.717) is 6.54 Å². The van der Waals surface area contributed by atoms with Crippen LogP contribution in [0.4, 0.5) is 0 Å². The van der Waals surface area contributed by atoms with Crippen LogP contribution in [-0.4, -0.2) is 44.4 Å². The maximum atomic E-state index is 11.1. The molecule has 1 aliphatic rings. The second kappa shape index (κ2) is 7.61. The first-order valence-corrected chi connectivity index (χ1v) is 8.80. The van der Waals surface area contributed by atoms with E-state index in [-0.39, 0.29) is 11.7 Å². The quantitative estimate of drug-likeness (QED) is 0.778. The molecule has 1 amide bonds. The molecular weight excluding hydrogens is 310 g/mol. The molecule has 6 nitrogen and oxygen atoms in total. The summed E-state index contributed by atoms with van der Waals surface area (Å²) in [6.45, 7) is 3.74. The van der Waals surface area contributed by atoms with Gasteiger partial charge in [-0.15, -0.1) is 10.2 Å². The molecule has 0 unspecified atom stereocenters. The standard InChI is InChI=1S/C16H21N5OS/c17-14(22)12-23-16-19-18-15(11-20-8-4-5-9-20)21(16)10-13-6-2-1-3-7-13/h1-3,6-7H,4-5,8-12H2,(H2,17,22). The number of nitrogens with two attached hydrogens (primary N) is 1. The number of carbonyl (C=O) groups excluding carboxylic acids is 1. The fourth-order valence-corrected chi connectivity index (χ4v) is 3.44. The minimum atomic E-state index is -0.342.